The third-order valence-electron chi connectivity index (χ3n) is 5.84. The summed E-state index contributed by atoms with van der Waals surface area (Å²) >= 11 is 4.47. The van der Waals surface area contributed by atoms with Crippen molar-refractivity contribution < 1.29 is 42.5 Å². The molecule has 0 aliphatic carbocycles. The third kappa shape index (κ3) is 6.70. The summed E-state index contributed by atoms with van der Waals surface area (Å²) in [6.07, 6.45) is 4.95. The summed E-state index contributed by atoms with van der Waals surface area (Å²) in [5.74, 6) is -1.07. The van der Waals surface area contributed by atoms with Crippen molar-refractivity contribution in [3.8, 4) is 0 Å². The maximum Gasteiger partial charge on any atom is 0.338 e. The lowest BCUT2D eigenvalue weighted by Crippen LogP contribution is -2.31. The number of methoxy groups -OCH3 is 1. The zero-order valence-corrected chi connectivity index (χ0v) is 21.4. The summed E-state index contributed by atoms with van der Waals surface area (Å²) in [7, 11) is -2.35. The van der Waals surface area contributed by atoms with E-state index in [0.717, 1.165) is 17.4 Å². The van der Waals surface area contributed by atoms with Crippen molar-refractivity contribution in [2.45, 2.75) is 57.9 Å². The molecule has 188 valence electrons. The molecule has 0 spiro atoms. The number of fused-ring (bicyclic) bond motifs is 1. The Balaban J connectivity index is 2.36. The van der Waals surface area contributed by atoms with Crippen LogP contribution in [-0.4, -0.2) is 45.7 Å². The standard InChI is InChI=1S/C23H31NO8S2/c1-5-16(13-15(3)22(26)30-4)17-7-8-19(20-14-24(6-2)11-9-18(17)20)23(27)31-12-10-21(25)34(29,33)32-28/h7-9,11,14-16,21,25H,5-6,10,12-13H2,1-4H3/p+1. The van der Waals surface area contributed by atoms with Gasteiger partial charge in [0.15, 0.2) is 26.6 Å². The van der Waals surface area contributed by atoms with Crippen molar-refractivity contribution in [3.63, 3.8) is 0 Å². The third-order valence-corrected chi connectivity index (χ3v) is 7.80. The molecule has 0 amide bonds. The van der Waals surface area contributed by atoms with Crippen LogP contribution in [0.15, 0.2) is 30.6 Å². The number of ether oxygens (including phenoxy) is 2. The van der Waals surface area contributed by atoms with Crippen LogP contribution in [0.5, 0.6) is 0 Å². The van der Waals surface area contributed by atoms with Crippen LogP contribution in [0, 0.1) is 5.92 Å². The predicted molar refractivity (Wildman–Crippen MR) is 129 cm³/mol. The SMILES string of the molecule is CCC(CC(C)C(=O)OC)c1ccc(C(=O)OCCC(O)S(=O)(=S)OO)c2c[n+](CC)ccc12. The lowest BCUT2D eigenvalue weighted by molar-refractivity contribution is -0.692. The van der Waals surface area contributed by atoms with Gasteiger partial charge in [0.1, 0.15) is 6.54 Å². The van der Waals surface area contributed by atoms with E-state index in [1.54, 1.807) is 6.07 Å². The largest absolute Gasteiger partial charge is 0.469 e. The van der Waals surface area contributed by atoms with Crippen LogP contribution in [0.2, 0.25) is 0 Å². The number of nitrogens with zero attached hydrogens (tertiary/aromatic N) is 1. The fourth-order valence-electron chi connectivity index (χ4n) is 3.85. The van der Waals surface area contributed by atoms with E-state index in [0.29, 0.717) is 23.9 Å². The molecule has 2 aromatic rings. The van der Waals surface area contributed by atoms with Gasteiger partial charge >= 0.3 is 11.9 Å². The number of rotatable bonds is 12. The molecule has 11 heteroatoms. The maximum atomic E-state index is 12.9. The summed E-state index contributed by atoms with van der Waals surface area (Å²) in [6.45, 7) is 6.31. The molecule has 4 atom stereocenters. The van der Waals surface area contributed by atoms with E-state index < -0.39 is 20.2 Å². The van der Waals surface area contributed by atoms with E-state index in [9.17, 15) is 18.9 Å². The fourth-order valence-corrected chi connectivity index (χ4v) is 4.62. The number of aryl methyl sites for hydroxylation is 1. The van der Waals surface area contributed by atoms with Gasteiger partial charge in [0, 0.05) is 23.7 Å². The van der Waals surface area contributed by atoms with Crippen molar-refractivity contribution in [2.75, 3.05) is 13.7 Å². The highest BCUT2D eigenvalue weighted by atomic mass is 32.8. The molecule has 0 radical (unpaired) electrons. The number of aliphatic hydroxyl groups is 1. The van der Waals surface area contributed by atoms with Crippen molar-refractivity contribution >= 4 is 42.7 Å². The highest BCUT2D eigenvalue weighted by molar-refractivity contribution is 8.30. The molecule has 1 heterocycles. The molecular weight excluding hydrogens is 482 g/mol. The van der Waals surface area contributed by atoms with Gasteiger partial charge in [-0.2, -0.15) is 0 Å². The van der Waals surface area contributed by atoms with Crippen LogP contribution in [0.4, 0.5) is 0 Å². The minimum atomic E-state index is -3.72. The van der Waals surface area contributed by atoms with Crippen LogP contribution in [0.3, 0.4) is 0 Å². The first-order chi connectivity index (χ1) is 16.1. The Bertz CT molecular complexity index is 1120. The number of carbonyl (C=O) groups excluding carboxylic acids is 2. The summed E-state index contributed by atoms with van der Waals surface area (Å²) in [4.78, 5) is 24.8. The average molecular weight is 515 g/mol. The topological polar surface area (TPSA) is 123 Å². The molecule has 0 saturated carbocycles. The van der Waals surface area contributed by atoms with Gasteiger partial charge in [0.25, 0.3) is 0 Å². The van der Waals surface area contributed by atoms with Gasteiger partial charge in [-0.15, -0.1) is 4.33 Å². The number of carbonyl (C=O) groups is 2. The smallest absolute Gasteiger partial charge is 0.338 e. The number of hydrogen-bond donors (Lipinski definition) is 2. The molecule has 9 nitrogen and oxygen atoms in total. The average Bonchev–Trinajstić information content (AvgIpc) is 2.85. The molecule has 0 aliphatic heterocycles. The molecule has 0 fully saturated rings. The van der Waals surface area contributed by atoms with E-state index in [1.807, 2.05) is 42.9 Å². The van der Waals surface area contributed by atoms with Gasteiger partial charge in [-0.3, -0.25) is 4.79 Å². The summed E-state index contributed by atoms with van der Waals surface area (Å²) < 4.78 is 27.4. The Morgan fingerprint density at radius 1 is 1.21 bits per heavy atom. The molecule has 0 saturated heterocycles. The summed E-state index contributed by atoms with van der Waals surface area (Å²) in [5, 5.41) is 19.9. The van der Waals surface area contributed by atoms with Gasteiger partial charge in [-0.05, 0) is 42.7 Å². The van der Waals surface area contributed by atoms with Crippen LogP contribution < -0.4 is 4.57 Å². The maximum absolute atomic E-state index is 12.9. The Labute approximate surface area is 204 Å². The quantitative estimate of drug-likeness (QED) is 0.190. The normalized spacial score (nSPS) is 15.8. The van der Waals surface area contributed by atoms with Gasteiger partial charge < -0.3 is 14.6 Å². The lowest BCUT2D eigenvalue weighted by Gasteiger charge is -2.21. The van der Waals surface area contributed by atoms with E-state index in [-0.39, 0.29) is 30.8 Å². The minimum absolute atomic E-state index is 0.0768. The molecule has 1 aromatic carbocycles. The van der Waals surface area contributed by atoms with Crippen molar-refractivity contribution in [1.29, 1.82) is 0 Å². The Kier molecular flexibility index (Phi) is 10.3. The van der Waals surface area contributed by atoms with Gasteiger partial charge in [0.2, 0.25) is 0 Å². The van der Waals surface area contributed by atoms with E-state index in [4.69, 9.17) is 14.7 Å². The fraction of sp³-hybridized carbons (Fsp3) is 0.522. The zero-order valence-electron chi connectivity index (χ0n) is 19.8. The number of aromatic nitrogens is 1. The highest BCUT2D eigenvalue weighted by Gasteiger charge is 2.25. The Morgan fingerprint density at radius 2 is 1.91 bits per heavy atom. The second-order valence-electron chi connectivity index (χ2n) is 8.02. The van der Waals surface area contributed by atoms with Crippen LogP contribution in [-0.2, 0) is 45.1 Å². The monoisotopic (exact) mass is 514 g/mol. The number of aliphatic hydroxyl groups excluding tert-OH is 1. The molecule has 2 rings (SSSR count). The second-order valence-corrected chi connectivity index (χ2v) is 11.1. The van der Waals surface area contributed by atoms with Crippen molar-refractivity contribution in [1.82, 2.24) is 0 Å². The molecule has 0 bridgehead atoms. The van der Waals surface area contributed by atoms with Gasteiger partial charge in [-0.25, -0.2) is 18.8 Å². The van der Waals surface area contributed by atoms with Crippen LogP contribution >= 0.6 is 0 Å². The van der Waals surface area contributed by atoms with Crippen molar-refractivity contribution in [3.05, 3.63) is 41.7 Å². The number of pyridine rings is 1. The lowest BCUT2D eigenvalue weighted by atomic mass is 9.84. The van der Waals surface area contributed by atoms with Gasteiger partial charge in [0.05, 0.1) is 30.6 Å². The predicted octanol–water partition coefficient (Wildman–Crippen LogP) is 2.86. The molecule has 1 aromatic heterocycles. The Hall–Kier alpha value is -2.18. The van der Waals surface area contributed by atoms with Gasteiger partial charge in [-0.1, -0.05) is 19.9 Å². The minimum Gasteiger partial charge on any atom is -0.469 e. The molecule has 0 aliphatic rings. The number of esters is 2. The van der Waals surface area contributed by atoms with E-state index >= 15 is 0 Å². The molecule has 2 N–H and O–H groups in total. The zero-order chi connectivity index (χ0) is 25.5. The highest BCUT2D eigenvalue weighted by Crippen LogP contribution is 2.34. The summed E-state index contributed by atoms with van der Waals surface area (Å²) in [5.41, 5.74) is -0.303. The molecular formula is C23H32NO8S2+. The van der Waals surface area contributed by atoms with E-state index in [2.05, 4.69) is 22.4 Å². The van der Waals surface area contributed by atoms with Crippen molar-refractivity contribution in [2.24, 2.45) is 5.92 Å². The first-order valence-corrected chi connectivity index (χ1v) is 13.5. The van der Waals surface area contributed by atoms with E-state index in [1.165, 1.54) is 7.11 Å². The first-order valence-electron chi connectivity index (χ1n) is 11.0. The number of hydrogen-bond acceptors (Lipinski definition) is 9. The van der Waals surface area contributed by atoms with Crippen LogP contribution in [0.1, 0.15) is 61.9 Å². The van der Waals surface area contributed by atoms with Crippen LogP contribution in [0.25, 0.3) is 10.8 Å². The molecule has 34 heavy (non-hydrogen) atoms. The molecule has 4 unspecified atom stereocenters. The summed E-state index contributed by atoms with van der Waals surface area (Å²) in [6, 6.07) is 5.51. The number of benzene rings is 1. The first kappa shape index (κ1) is 28.1. The second kappa shape index (κ2) is 12.5. The Morgan fingerprint density at radius 3 is 2.50 bits per heavy atom.